The van der Waals surface area contributed by atoms with Crippen LogP contribution in [0.5, 0.6) is 0 Å². The van der Waals surface area contributed by atoms with Gasteiger partial charge < -0.3 is 9.47 Å². The number of aromatic nitrogens is 1. The van der Waals surface area contributed by atoms with Gasteiger partial charge in [-0.3, -0.25) is 4.98 Å². The summed E-state index contributed by atoms with van der Waals surface area (Å²) in [5.74, 6) is 0.656. The predicted octanol–water partition coefficient (Wildman–Crippen LogP) is 7.27. The first kappa shape index (κ1) is 22.1. The number of hydrogen-bond acceptors (Lipinski definition) is 3. The molecule has 1 aromatic heterocycles. The molecule has 5 rings (SSSR count). The molecule has 0 N–H and O–H groups in total. The van der Waals surface area contributed by atoms with Crippen molar-refractivity contribution in [2.24, 2.45) is 0 Å². The Morgan fingerprint density at radius 3 is 2.59 bits per heavy atom. The van der Waals surface area contributed by atoms with Crippen molar-refractivity contribution < 1.29 is 9.47 Å². The summed E-state index contributed by atoms with van der Waals surface area (Å²) in [6.07, 6.45) is 15.8. The molecule has 3 aliphatic rings. The Labute approximate surface area is 193 Å². The summed E-state index contributed by atoms with van der Waals surface area (Å²) in [6.45, 7) is 3.79. The minimum atomic E-state index is 0.109. The van der Waals surface area contributed by atoms with E-state index in [0.717, 1.165) is 32.5 Å². The minimum Gasteiger partial charge on any atom is -0.375 e. The zero-order chi connectivity index (χ0) is 21.9. The van der Waals surface area contributed by atoms with Gasteiger partial charge in [-0.15, -0.1) is 0 Å². The molecule has 1 saturated heterocycles. The van der Waals surface area contributed by atoms with Gasteiger partial charge in [-0.1, -0.05) is 49.6 Å². The van der Waals surface area contributed by atoms with Crippen LogP contribution in [0.1, 0.15) is 106 Å². The van der Waals surface area contributed by atoms with E-state index in [0.29, 0.717) is 5.92 Å². The number of hydrogen-bond donors (Lipinski definition) is 0. The number of benzene rings is 1. The summed E-state index contributed by atoms with van der Waals surface area (Å²) >= 11 is 0. The van der Waals surface area contributed by atoms with Crippen molar-refractivity contribution in [3.05, 3.63) is 65.5 Å². The van der Waals surface area contributed by atoms with Crippen LogP contribution in [0.2, 0.25) is 0 Å². The fourth-order valence-electron chi connectivity index (χ4n) is 7.00. The highest BCUT2D eigenvalue weighted by Crippen LogP contribution is 2.51. The molecule has 3 heteroatoms. The first-order chi connectivity index (χ1) is 15.7. The smallest absolute Gasteiger partial charge is 0.0827 e. The zero-order valence-corrected chi connectivity index (χ0v) is 19.7. The molecule has 0 radical (unpaired) electrons. The van der Waals surface area contributed by atoms with Gasteiger partial charge >= 0.3 is 0 Å². The van der Waals surface area contributed by atoms with E-state index in [1.807, 2.05) is 6.20 Å². The summed E-state index contributed by atoms with van der Waals surface area (Å²) in [5, 5.41) is 0. The highest BCUT2D eigenvalue weighted by molar-refractivity contribution is 5.34. The molecule has 0 unspecified atom stereocenters. The van der Waals surface area contributed by atoms with Crippen LogP contribution in [0.4, 0.5) is 0 Å². The van der Waals surface area contributed by atoms with E-state index >= 15 is 0 Å². The van der Waals surface area contributed by atoms with E-state index in [1.165, 1.54) is 68.2 Å². The third-order valence-electron chi connectivity index (χ3n) is 8.51. The Balaban J connectivity index is 1.32. The topological polar surface area (TPSA) is 31.4 Å². The monoisotopic (exact) mass is 433 g/mol. The summed E-state index contributed by atoms with van der Waals surface area (Å²) in [5.41, 5.74) is 4.54. The Morgan fingerprint density at radius 2 is 1.81 bits per heavy atom. The first-order valence-electron chi connectivity index (χ1n) is 13.0. The van der Waals surface area contributed by atoms with Crippen molar-refractivity contribution in [1.82, 2.24) is 4.98 Å². The van der Waals surface area contributed by atoms with Gasteiger partial charge in [0.2, 0.25) is 0 Å². The molecule has 1 spiro atoms. The van der Waals surface area contributed by atoms with E-state index in [9.17, 15) is 0 Å². The summed E-state index contributed by atoms with van der Waals surface area (Å²) in [4.78, 5) is 4.89. The fourth-order valence-corrected chi connectivity index (χ4v) is 7.00. The molecule has 2 fully saturated rings. The molecule has 2 aromatic rings. The van der Waals surface area contributed by atoms with Crippen LogP contribution in [0.25, 0.3) is 0 Å². The zero-order valence-electron chi connectivity index (χ0n) is 19.7. The molecule has 1 saturated carbocycles. The molecule has 172 valence electrons. The number of rotatable bonds is 7. The second-order valence-electron chi connectivity index (χ2n) is 10.4. The number of ether oxygens (including phenoxy) is 2. The maximum Gasteiger partial charge on any atom is 0.0827 e. The van der Waals surface area contributed by atoms with Crippen LogP contribution in [0, 0.1) is 0 Å². The average Bonchev–Trinajstić information content (AvgIpc) is 3.28. The fraction of sp³-hybridized carbons (Fsp3) is 0.621. The number of pyridine rings is 1. The second-order valence-corrected chi connectivity index (χ2v) is 10.4. The predicted molar refractivity (Wildman–Crippen MR) is 129 cm³/mol. The lowest BCUT2D eigenvalue weighted by atomic mass is 9.66. The highest BCUT2D eigenvalue weighted by Gasteiger charge is 2.48. The third kappa shape index (κ3) is 4.39. The maximum atomic E-state index is 6.44. The van der Waals surface area contributed by atoms with Crippen molar-refractivity contribution in [2.75, 3.05) is 13.2 Å². The molecule has 3 atom stereocenters. The molecule has 2 aliphatic carbocycles. The standard InChI is InChI=1S/C29H39NO2/c1-2-31-26-15-14-23(24-11-3-4-12-25(24)26)10-9-16-28(27-13-5-8-20-30-27)19-21-32-29(22-28)17-6-7-18-29/h3-5,8,11-13,20,23,26H,2,6-7,9-10,14-19,21-22H2,1H3/t23-,26+,28+/m0/s1. The van der Waals surface area contributed by atoms with Gasteiger partial charge in [0, 0.05) is 30.5 Å². The van der Waals surface area contributed by atoms with E-state index < -0.39 is 0 Å². The lowest BCUT2D eigenvalue weighted by molar-refractivity contribution is -0.105. The van der Waals surface area contributed by atoms with Crippen LogP contribution in [0.3, 0.4) is 0 Å². The quantitative estimate of drug-likeness (QED) is 0.460. The van der Waals surface area contributed by atoms with Gasteiger partial charge in [-0.2, -0.15) is 0 Å². The van der Waals surface area contributed by atoms with Gasteiger partial charge in [0.05, 0.1) is 11.7 Å². The van der Waals surface area contributed by atoms with Crippen molar-refractivity contribution in [3.63, 3.8) is 0 Å². The van der Waals surface area contributed by atoms with Crippen molar-refractivity contribution in [1.29, 1.82) is 0 Å². The van der Waals surface area contributed by atoms with Crippen LogP contribution < -0.4 is 0 Å². The van der Waals surface area contributed by atoms with Gasteiger partial charge in [-0.05, 0) is 87.5 Å². The summed E-state index contributed by atoms with van der Waals surface area (Å²) in [6, 6.07) is 15.5. The van der Waals surface area contributed by atoms with E-state index in [1.54, 1.807) is 0 Å². The van der Waals surface area contributed by atoms with Crippen molar-refractivity contribution >= 4 is 0 Å². The molecule has 2 heterocycles. The van der Waals surface area contributed by atoms with Gasteiger partial charge in [0.1, 0.15) is 0 Å². The van der Waals surface area contributed by atoms with Crippen LogP contribution >= 0.6 is 0 Å². The molecule has 32 heavy (non-hydrogen) atoms. The van der Waals surface area contributed by atoms with E-state index in [4.69, 9.17) is 14.5 Å². The molecule has 1 aliphatic heterocycles. The van der Waals surface area contributed by atoms with Crippen LogP contribution in [0.15, 0.2) is 48.7 Å². The van der Waals surface area contributed by atoms with Crippen molar-refractivity contribution in [3.8, 4) is 0 Å². The average molecular weight is 434 g/mol. The lowest BCUT2D eigenvalue weighted by Gasteiger charge is -2.46. The van der Waals surface area contributed by atoms with Crippen molar-refractivity contribution in [2.45, 2.75) is 101 Å². The summed E-state index contributed by atoms with van der Waals surface area (Å²) < 4.78 is 12.5. The summed E-state index contributed by atoms with van der Waals surface area (Å²) in [7, 11) is 0. The van der Waals surface area contributed by atoms with Gasteiger partial charge in [0.25, 0.3) is 0 Å². The highest BCUT2D eigenvalue weighted by atomic mass is 16.5. The molecule has 3 nitrogen and oxygen atoms in total. The molecular formula is C29H39NO2. The number of fused-ring (bicyclic) bond motifs is 1. The Hall–Kier alpha value is -1.71. The normalized spacial score (nSPS) is 29.2. The minimum absolute atomic E-state index is 0.109. The van der Waals surface area contributed by atoms with E-state index in [2.05, 4.69) is 49.4 Å². The Kier molecular flexibility index (Phi) is 6.66. The SMILES string of the molecule is CCO[C@@H]1CC[C@H](CCC[C@@]2(c3ccccn3)CCOC3(CCCC3)C2)c2ccccc21. The second kappa shape index (κ2) is 9.65. The maximum absolute atomic E-state index is 6.44. The Bertz CT molecular complexity index is 876. The third-order valence-corrected chi connectivity index (χ3v) is 8.51. The van der Waals surface area contributed by atoms with Crippen LogP contribution in [-0.2, 0) is 14.9 Å². The lowest BCUT2D eigenvalue weighted by Crippen LogP contribution is -2.46. The number of nitrogens with zero attached hydrogens (tertiary/aromatic N) is 1. The van der Waals surface area contributed by atoms with Crippen LogP contribution in [-0.4, -0.2) is 23.8 Å². The van der Waals surface area contributed by atoms with Gasteiger partial charge in [-0.25, -0.2) is 0 Å². The molecule has 0 amide bonds. The van der Waals surface area contributed by atoms with E-state index in [-0.39, 0.29) is 17.1 Å². The molecule has 0 bridgehead atoms. The Morgan fingerprint density at radius 1 is 1.00 bits per heavy atom. The molecular weight excluding hydrogens is 394 g/mol. The first-order valence-corrected chi connectivity index (χ1v) is 13.0. The largest absolute Gasteiger partial charge is 0.375 e. The molecule has 1 aromatic carbocycles. The van der Waals surface area contributed by atoms with Gasteiger partial charge in [0.15, 0.2) is 0 Å².